The monoisotopic (exact) mass is 121 g/mol. The Morgan fingerprint density at radius 2 is 1.29 bits per heavy atom. The standard InChI is InChI=1S/C4H12OSi.H3N/c1-5-6(2,3)4;/h1-4H3;1H3. The van der Waals surface area contributed by atoms with E-state index < -0.39 is 8.32 Å². The number of hydrogen-bond donors (Lipinski definition) is 1. The van der Waals surface area contributed by atoms with Crippen molar-refractivity contribution >= 4 is 8.32 Å². The highest BCUT2D eigenvalue weighted by molar-refractivity contribution is 6.69. The van der Waals surface area contributed by atoms with E-state index in [1.807, 2.05) is 0 Å². The van der Waals surface area contributed by atoms with Gasteiger partial charge in [0.1, 0.15) is 0 Å². The highest BCUT2D eigenvalue weighted by Crippen LogP contribution is 1.97. The number of rotatable bonds is 1. The molecule has 7 heavy (non-hydrogen) atoms. The fourth-order valence-corrected chi connectivity index (χ4v) is 0. The largest absolute Gasteiger partial charge is 0.421 e. The molecule has 0 aromatic heterocycles. The second-order valence-electron chi connectivity index (χ2n) is 2.32. The van der Waals surface area contributed by atoms with Crippen molar-refractivity contribution in [3.63, 3.8) is 0 Å². The lowest BCUT2D eigenvalue weighted by Crippen LogP contribution is -2.22. The quantitative estimate of drug-likeness (QED) is 0.536. The van der Waals surface area contributed by atoms with Gasteiger partial charge in [0.2, 0.25) is 0 Å². The lowest BCUT2D eigenvalue weighted by Gasteiger charge is -2.10. The zero-order valence-corrected chi connectivity index (χ0v) is 6.62. The molecule has 0 saturated heterocycles. The Morgan fingerprint density at radius 1 is 1.14 bits per heavy atom. The van der Waals surface area contributed by atoms with Gasteiger partial charge in [-0.25, -0.2) is 0 Å². The van der Waals surface area contributed by atoms with Crippen molar-refractivity contribution in [1.29, 1.82) is 0 Å². The molecule has 3 N–H and O–H groups in total. The molecule has 0 rings (SSSR count). The van der Waals surface area contributed by atoms with E-state index in [0.717, 1.165) is 0 Å². The minimum atomic E-state index is -1.13. The van der Waals surface area contributed by atoms with Crippen LogP contribution in [0.25, 0.3) is 0 Å². The molecule has 0 atom stereocenters. The molecule has 0 aliphatic carbocycles. The predicted molar refractivity (Wildman–Crippen MR) is 35.4 cm³/mol. The zero-order chi connectivity index (χ0) is 5.21. The summed E-state index contributed by atoms with van der Waals surface area (Å²) in [7, 11) is 0.639. The van der Waals surface area contributed by atoms with Gasteiger partial charge in [0.05, 0.1) is 0 Å². The molecule has 0 saturated carbocycles. The molecule has 0 bridgehead atoms. The summed E-state index contributed by atoms with van der Waals surface area (Å²) in [5.74, 6) is 0. The maximum atomic E-state index is 5.08. The van der Waals surface area contributed by atoms with Crippen LogP contribution in [0.1, 0.15) is 0 Å². The fraction of sp³-hybridized carbons (Fsp3) is 1.00. The second-order valence-corrected chi connectivity index (χ2v) is 6.95. The second kappa shape index (κ2) is 3.18. The third kappa shape index (κ3) is 10.7. The van der Waals surface area contributed by atoms with E-state index in [1.54, 1.807) is 7.11 Å². The molecule has 0 spiro atoms. The summed E-state index contributed by atoms with van der Waals surface area (Å²) in [4.78, 5) is 0. The Hall–Kier alpha value is 0.137. The van der Waals surface area contributed by atoms with E-state index in [-0.39, 0.29) is 6.15 Å². The van der Waals surface area contributed by atoms with Crippen molar-refractivity contribution < 1.29 is 4.43 Å². The van der Waals surface area contributed by atoms with Crippen LogP contribution in [0.5, 0.6) is 0 Å². The van der Waals surface area contributed by atoms with Gasteiger partial charge < -0.3 is 10.6 Å². The molecule has 0 heterocycles. The summed E-state index contributed by atoms with van der Waals surface area (Å²) >= 11 is 0. The number of hydrogen-bond acceptors (Lipinski definition) is 2. The molecule has 46 valence electrons. The smallest absolute Gasteiger partial charge is 0.183 e. The van der Waals surface area contributed by atoms with Crippen LogP contribution in [0.2, 0.25) is 19.6 Å². The minimum absolute atomic E-state index is 0. The SMILES string of the molecule is CO[Si](C)(C)C.N. The molecule has 0 aromatic rings. The van der Waals surface area contributed by atoms with E-state index in [4.69, 9.17) is 4.43 Å². The summed E-state index contributed by atoms with van der Waals surface area (Å²) in [6.45, 7) is 6.48. The first kappa shape index (κ1) is 10.2. The van der Waals surface area contributed by atoms with Gasteiger partial charge in [0.15, 0.2) is 8.32 Å². The van der Waals surface area contributed by atoms with E-state index >= 15 is 0 Å². The van der Waals surface area contributed by atoms with Crippen LogP contribution < -0.4 is 6.15 Å². The van der Waals surface area contributed by atoms with Gasteiger partial charge >= 0.3 is 0 Å². The highest BCUT2D eigenvalue weighted by Gasteiger charge is 2.09. The highest BCUT2D eigenvalue weighted by atomic mass is 28.4. The van der Waals surface area contributed by atoms with E-state index in [1.165, 1.54) is 0 Å². The summed E-state index contributed by atoms with van der Waals surface area (Å²) in [6, 6.07) is 0. The Labute approximate surface area is 46.6 Å². The lowest BCUT2D eigenvalue weighted by molar-refractivity contribution is 0.411. The Kier molecular flexibility index (Phi) is 4.63. The van der Waals surface area contributed by atoms with Crippen molar-refractivity contribution in [2.45, 2.75) is 19.6 Å². The maximum absolute atomic E-state index is 5.08. The van der Waals surface area contributed by atoms with Gasteiger partial charge in [0, 0.05) is 7.11 Å². The first-order valence-corrected chi connectivity index (χ1v) is 5.52. The van der Waals surface area contributed by atoms with E-state index in [9.17, 15) is 0 Å². The predicted octanol–water partition coefficient (Wildman–Crippen LogP) is 1.63. The van der Waals surface area contributed by atoms with Crippen molar-refractivity contribution in [3.05, 3.63) is 0 Å². The van der Waals surface area contributed by atoms with Crippen molar-refractivity contribution in [3.8, 4) is 0 Å². The molecular weight excluding hydrogens is 106 g/mol. The fourth-order valence-electron chi connectivity index (χ4n) is 0. The van der Waals surface area contributed by atoms with Crippen LogP contribution in [-0.4, -0.2) is 15.4 Å². The van der Waals surface area contributed by atoms with Crippen LogP contribution in [-0.2, 0) is 4.43 Å². The molecule has 0 fully saturated rings. The normalized spacial score (nSPS) is 10.3. The van der Waals surface area contributed by atoms with Crippen LogP contribution in [0.3, 0.4) is 0 Å². The first-order valence-electron chi connectivity index (χ1n) is 2.11. The molecule has 0 aliphatic rings. The van der Waals surface area contributed by atoms with Gasteiger partial charge in [-0.3, -0.25) is 0 Å². The van der Waals surface area contributed by atoms with Gasteiger partial charge in [-0.15, -0.1) is 0 Å². The third-order valence-electron chi connectivity index (χ3n) is 0.612. The summed E-state index contributed by atoms with van der Waals surface area (Å²) in [6.07, 6.45) is 0. The molecule has 0 unspecified atom stereocenters. The average molecular weight is 121 g/mol. The average Bonchev–Trinajstić information content (AvgIpc) is 1.35. The molecule has 0 aliphatic heterocycles. The molecule has 0 radical (unpaired) electrons. The molecule has 2 nitrogen and oxygen atoms in total. The van der Waals surface area contributed by atoms with Crippen molar-refractivity contribution in [2.24, 2.45) is 0 Å². The molecular formula is C4H15NOSi. The van der Waals surface area contributed by atoms with Gasteiger partial charge in [0.25, 0.3) is 0 Å². The topological polar surface area (TPSA) is 44.2 Å². The van der Waals surface area contributed by atoms with Crippen LogP contribution >= 0.6 is 0 Å². The Balaban J connectivity index is 0. The van der Waals surface area contributed by atoms with E-state index in [2.05, 4.69) is 19.6 Å². The lowest BCUT2D eigenvalue weighted by atomic mass is 11.8. The Morgan fingerprint density at radius 3 is 1.29 bits per heavy atom. The Bertz CT molecular complexity index is 41.4. The minimum Gasteiger partial charge on any atom is -0.421 e. The molecule has 0 amide bonds. The van der Waals surface area contributed by atoms with Gasteiger partial charge in [-0.05, 0) is 19.6 Å². The van der Waals surface area contributed by atoms with Crippen molar-refractivity contribution in [2.75, 3.05) is 7.11 Å². The summed E-state index contributed by atoms with van der Waals surface area (Å²) < 4.78 is 5.08. The van der Waals surface area contributed by atoms with Crippen molar-refractivity contribution in [1.82, 2.24) is 6.15 Å². The van der Waals surface area contributed by atoms with Crippen LogP contribution in [0, 0.1) is 0 Å². The van der Waals surface area contributed by atoms with Crippen LogP contribution in [0.4, 0.5) is 0 Å². The molecule has 0 aromatic carbocycles. The van der Waals surface area contributed by atoms with Crippen LogP contribution in [0.15, 0.2) is 0 Å². The zero-order valence-electron chi connectivity index (χ0n) is 5.62. The third-order valence-corrected chi connectivity index (χ3v) is 1.84. The van der Waals surface area contributed by atoms with E-state index in [0.29, 0.717) is 0 Å². The summed E-state index contributed by atoms with van der Waals surface area (Å²) in [5, 5.41) is 0. The molecule has 3 heteroatoms. The van der Waals surface area contributed by atoms with Gasteiger partial charge in [-0.2, -0.15) is 0 Å². The first-order chi connectivity index (χ1) is 2.56. The maximum Gasteiger partial charge on any atom is 0.183 e. The van der Waals surface area contributed by atoms with Gasteiger partial charge in [-0.1, -0.05) is 0 Å². The summed E-state index contributed by atoms with van der Waals surface area (Å²) in [5.41, 5.74) is 0.